The Balaban J connectivity index is 2.02. The number of hydrogen-bond donors (Lipinski definition) is 2. The molecule has 7 heteroatoms. The minimum atomic E-state index is -0.237. The van der Waals surface area contributed by atoms with E-state index in [0.717, 1.165) is 13.1 Å². The average Bonchev–Trinajstić information content (AvgIpc) is 2.48. The summed E-state index contributed by atoms with van der Waals surface area (Å²) < 4.78 is 1.72. The second-order valence-electron chi connectivity index (χ2n) is 3.73. The third-order valence-electron chi connectivity index (χ3n) is 2.20. The molecule has 15 heavy (non-hydrogen) atoms. The first-order valence-corrected chi connectivity index (χ1v) is 4.77. The van der Waals surface area contributed by atoms with Crippen LogP contribution in [-0.4, -0.2) is 53.1 Å². The fraction of sp³-hybridized carbons (Fsp3) is 0.625. The second-order valence-corrected chi connectivity index (χ2v) is 3.73. The fourth-order valence-corrected chi connectivity index (χ4v) is 1.28. The lowest BCUT2D eigenvalue weighted by molar-refractivity contribution is 0.0851. The first-order chi connectivity index (χ1) is 7.16. The molecule has 0 spiro atoms. The van der Waals surface area contributed by atoms with E-state index in [1.807, 2.05) is 0 Å². The number of aromatic nitrogens is 3. The maximum Gasteiger partial charge on any atom is 0.287 e. The van der Waals surface area contributed by atoms with Gasteiger partial charge in [0.15, 0.2) is 5.69 Å². The van der Waals surface area contributed by atoms with Crippen molar-refractivity contribution in [2.75, 3.05) is 27.2 Å². The van der Waals surface area contributed by atoms with Crippen molar-refractivity contribution in [1.82, 2.24) is 30.7 Å². The highest BCUT2D eigenvalue weighted by molar-refractivity contribution is 5.91. The zero-order valence-electron chi connectivity index (χ0n) is 8.77. The van der Waals surface area contributed by atoms with Gasteiger partial charge in [-0.2, -0.15) is 0 Å². The first-order valence-electron chi connectivity index (χ1n) is 4.77. The zero-order valence-corrected chi connectivity index (χ0v) is 8.77. The molecule has 82 valence electrons. The Hall–Kier alpha value is -1.47. The standard InChI is InChI=1S/C8H14N6O/c1-13(2)11-8(15)7-5-14(12-10-7)6-3-9-4-6/h5-6,9H,3-4H2,1-2H3,(H,11,15). The summed E-state index contributed by atoms with van der Waals surface area (Å²) in [5, 5.41) is 12.4. The van der Waals surface area contributed by atoms with Gasteiger partial charge < -0.3 is 5.32 Å². The van der Waals surface area contributed by atoms with Crippen molar-refractivity contribution >= 4 is 5.91 Å². The van der Waals surface area contributed by atoms with E-state index < -0.39 is 0 Å². The molecule has 1 aliphatic heterocycles. The predicted octanol–water partition coefficient (Wildman–Crippen LogP) is -1.37. The van der Waals surface area contributed by atoms with E-state index in [2.05, 4.69) is 21.1 Å². The molecule has 7 nitrogen and oxygen atoms in total. The normalized spacial score (nSPS) is 16.5. The van der Waals surface area contributed by atoms with Crippen LogP contribution in [0.1, 0.15) is 16.5 Å². The topological polar surface area (TPSA) is 75.1 Å². The smallest absolute Gasteiger partial charge is 0.287 e. The molecule has 1 aromatic heterocycles. The summed E-state index contributed by atoms with van der Waals surface area (Å²) in [5.41, 5.74) is 2.95. The summed E-state index contributed by atoms with van der Waals surface area (Å²) in [5.74, 6) is -0.237. The van der Waals surface area contributed by atoms with E-state index in [-0.39, 0.29) is 5.91 Å². The monoisotopic (exact) mass is 210 g/mol. The Morgan fingerprint density at radius 2 is 2.40 bits per heavy atom. The van der Waals surface area contributed by atoms with Gasteiger partial charge in [0, 0.05) is 27.2 Å². The third kappa shape index (κ3) is 2.13. The SMILES string of the molecule is CN(C)NC(=O)c1cn(C2CNC2)nn1. The lowest BCUT2D eigenvalue weighted by atomic mass is 10.2. The third-order valence-corrected chi connectivity index (χ3v) is 2.20. The highest BCUT2D eigenvalue weighted by Crippen LogP contribution is 2.09. The van der Waals surface area contributed by atoms with Gasteiger partial charge in [0.25, 0.3) is 5.91 Å². The van der Waals surface area contributed by atoms with Crippen LogP contribution in [0.15, 0.2) is 6.20 Å². The molecule has 0 saturated carbocycles. The van der Waals surface area contributed by atoms with Crippen molar-refractivity contribution in [2.45, 2.75) is 6.04 Å². The Morgan fingerprint density at radius 1 is 1.67 bits per heavy atom. The van der Waals surface area contributed by atoms with E-state index in [1.165, 1.54) is 0 Å². The van der Waals surface area contributed by atoms with Crippen LogP contribution in [0, 0.1) is 0 Å². The van der Waals surface area contributed by atoms with E-state index in [9.17, 15) is 4.79 Å². The van der Waals surface area contributed by atoms with Crippen molar-refractivity contribution in [2.24, 2.45) is 0 Å². The first kappa shape index (κ1) is 10.1. The zero-order chi connectivity index (χ0) is 10.8. The van der Waals surface area contributed by atoms with Crippen molar-refractivity contribution in [1.29, 1.82) is 0 Å². The van der Waals surface area contributed by atoms with Gasteiger partial charge in [-0.3, -0.25) is 10.2 Å². The van der Waals surface area contributed by atoms with Gasteiger partial charge >= 0.3 is 0 Å². The van der Waals surface area contributed by atoms with Crippen molar-refractivity contribution in [3.63, 3.8) is 0 Å². The molecular formula is C8H14N6O. The molecule has 0 bridgehead atoms. The summed E-state index contributed by atoms with van der Waals surface area (Å²) in [6, 6.07) is 0.332. The number of carbonyl (C=O) groups is 1. The number of amides is 1. The number of rotatable bonds is 3. The van der Waals surface area contributed by atoms with Crippen molar-refractivity contribution in [3.8, 4) is 0 Å². The Morgan fingerprint density at radius 3 is 2.93 bits per heavy atom. The van der Waals surface area contributed by atoms with Gasteiger partial charge in [-0.15, -0.1) is 5.10 Å². The molecule has 0 aromatic carbocycles. The van der Waals surface area contributed by atoms with Crippen molar-refractivity contribution < 1.29 is 4.79 Å². The quantitative estimate of drug-likeness (QED) is 0.602. The van der Waals surface area contributed by atoms with E-state index in [0.29, 0.717) is 11.7 Å². The maximum atomic E-state index is 11.5. The molecule has 0 unspecified atom stereocenters. The number of nitrogens with zero attached hydrogens (tertiary/aromatic N) is 4. The van der Waals surface area contributed by atoms with Crippen LogP contribution in [0.2, 0.25) is 0 Å². The lowest BCUT2D eigenvalue weighted by Crippen LogP contribution is -2.43. The predicted molar refractivity (Wildman–Crippen MR) is 53.1 cm³/mol. The van der Waals surface area contributed by atoms with E-state index in [4.69, 9.17) is 0 Å². The Kier molecular flexibility index (Phi) is 2.65. The Bertz CT molecular complexity index is 356. The number of carbonyl (C=O) groups excluding carboxylic acids is 1. The van der Waals surface area contributed by atoms with Crippen LogP contribution in [0.25, 0.3) is 0 Å². The summed E-state index contributed by atoms with van der Waals surface area (Å²) in [4.78, 5) is 11.5. The van der Waals surface area contributed by atoms with Crippen LogP contribution in [0.4, 0.5) is 0 Å². The van der Waals surface area contributed by atoms with Gasteiger partial charge in [-0.05, 0) is 0 Å². The summed E-state index contributed by atoms with van der Waals surface area (Å²) in [6.45, 7) is 1.77. The average molecular weight is 210 g/mol. The number of nitrogens with one attached hydrogen (secondary N) is 2. The molecule has 2 N–H and O–H groups in total. The summed E-state index contributed by atoms with van der Waals surface area (Å²) in [6.07, 6.45) is 1.67. The molecule has 0 radical (unpaired) electrons. The van der Waals surface area contributed by atoms with Gasteiger partial charge in [0.1, 0.15) is 0 Å². The molecule has 0 aliphatic carbocycles. The molecule has 1 aromatic rings. The largest absolute Gasteiger partial charge is 0.312 e. The van der Waals surface area contributed by atoms with Crippen LogP contribution in [-0.2, 0) is 0 Å². The van der Waals surface area contributed by atoms with Crippen LogP contribution in [0.3, 0.4) is 0 Å². The van der Waals surface area contributed by atoms with Crippen LogP contribution >= 0.6 is 0 Å². The van der Waals surface area contributed by atoms with Gasteiger partial charge in [0.05, 0.1) is 12.2 Å². The fourth-order valence-electron chi connectivity index (χ4n) is 1.28. The minimum Gasteiger partial charge on any atom is -0.312 e. The molecular weight excluding hydrogens is 196 g/mol. The van der Waals surface area contributed by atoms with Crippen LogP contribution in [0.5, 0.6) is 0 Å². The van der Waals surface area contributed by atoms with Gasteiger partial charge in [0.2, 0.25) is 0 Å². The van der Waals surface area contributed by atoms with E-state index in [1.54, 1.807) is 30.0 Å². The van der Waals surface area contributed by atoms with Crippen LogP contribution < -0.4 is 10.7 Å². The summed E-state index contributed by atoms with van der Waals surface area (Å²) >= 11 is 0. The number of hydrazine groups is 1. The molecule has 2 heterocycles. The van der Waals surface area contributed by atoms with E-state index >= 15 is 0 Å². The maximum absolute atomic E-state index is 11.5. The molecule has 1 aliphatic rings. The van der Waals surface area contributed by atoms with Gasteiger partial charge in [-0.1, -0.05) is 5.21 Å². The molecule has 1 amide bonds. The highest BCUT2D eigenvalue weighted by atomic mass is 16.2. The minimum absolute atomic E-state index is 0.237. The molecule has 0 atom stereocenters. The molecule has 2 rings (SSSR count). The Labute approximate surface area is 87.4 Å². The highest BCUT2D eigenvalue weighted by Gasteiger charge is 2.21. The van der Waals surface area contributed by atoms with Crippen molar-refractivity contribution in [3.05, 3.63) is 11.9 Å². The molecule has 1 fully saturated rings. The summed E-state index contributed by atoms with van der Waals surface area (Å²) in [7, 11) is 3.50. The second kappa shape index (κ2) is 3.95. The lowest BCUT2D eigenvalue weighted by Gasteiger charge is -2.26. The van der Waals surface area contributed by atoms with Gasteiger partial charge in [-0.25, -0.2) is 9.69 Å². The number of hydrogen-bond acceptors (Lipinski definition) is 5. The molecule has 1 saturated heterocycles.